The average Bonchev–Trinajstić information content (AvgIpc) is 3.50. The highest BCUT2D eigenvalue weighted by Gasteiger charge is 2.64. The molecule has 2 amide bonds. The number of nitrogens with zero attached hydrogens (tertiary/aromatic N) is 3. The summed E-state index contributed by atoms with van der Waals surface area (Å²) in [4.78, 5) is 32.1. The highest BCUT2D eigenvalue weighted by molar-refractivity contribution is 7.93. The number of amides is 2. The van der Waals surface area contributed by atoms with E-state index in [2.05, 4.69) is 0 Å². The van der Waals surface area contributed by atoms with Crippen molar-refractivity contribution in [2.24, 2.45) is 0 Å². The third-order valence-electron chi connectivity index (χ3n) is 8.61. The van der Waals surface area contributed by atoms with Gasteiger partial charge in [0.15, 0.2) is 5.54 Å². The van der Waals surface area contributed by atoms with Crippen molar-refractivity contribution in [1.82, 2.24) is 9.80 Å². The predicted octanol–water partition coefficient (Wildman–Crippen LogP) is 3.01. The van der Waals surface area contributed by atoms with Crippen molar-refractivity contribution in [2.75, 3.05) is 45.3 Å². The monoisotopic (exact) mass is 641 g/mol. The van der Waals surface area contributed by atoms with Crippen LogP contribution < -0.4 is 18.5 Å². The number of hydrogen-bond acceptors (Lipinski definition) is 9. The molecule has 1 N–H and O–H groups in total. The molecule has 0 aromatic heterocycles. The number of rotatable bonds is 8. The largest absolute Gasteiger partial charge is 0.497 e. The Morgan fingerprint density at radius 1 is 0.955 bits per heavy atom. The molecule has 3 aromatic carbocycles. The number of anilines is 1. The first-order valence-electron chi connectivity index (χ1n) is 14.1. The Morgan fingerprint density at radius 2 is 1.68 bits per heavy atom. The molecule has 11 nitrogen and oxygen atoms in total. The van der Waals surface area contributed by atoms with Crippen LogP contribution in [0.25, 0.3) is 0 Å². The second-order valence-corrected chi connectivity index (χ2v) is 13.1. The molecule has 0 radical (unpaired) electrons. The van der Waals surface area contributed by atoms with Gasteiger partial charge in [-0.2, -0.15) is 0 Å². The second-order valence-electron chi connectivity index (χ2n) is 10.9. The van der Waals surface area contributed by atoms with E-state index >= 15 is 4.79 Å². The minimum atomic E-state index is -4.64. The molecule has 3 aromatic rings. The van der Waals surface area contributed by atoms with Gasteiger partial charge >= 0.3 is 0 Å². The van der Waals surface area contributed by atoms with Crippen molar-refractivity contribution in [1.29, 1.82) is 0 Å². The third kappa shape index (κ3) is 4.42. The average molecular weight is 642 g/mol. The van der Waals surface area contributed by atoms with E-state index < -0.39 is 33.6 Å². The zero-order valence-electron chi connectivity index (χ0n) is 24.4. The normalized spacial score (nSPS) is 23.3. The van der Waals surface area contributed by atoms with Gasteiger partial charge in [-0.25, -0.2) is 12.7 Å². The Morgan fingerprint density at radius 3 is 2.34 bits per heavy atom. The van der Waals surface area contributed by atoms with E-state index in [4.69, 9.17) is 25.8 Å². The quantitative estimate of drug-likeness (QED) is 0.395. The summed E-state index contributed by atoms with van der Waals surface area (Å²) in [6.45, 7) is 1.05. The van der Waals surface area contributed by atoms with Crippen LogP contribution in [0.1, 0.15) is 24.0 Å². The molecule has 2 fully saturated rings. The minimum absolute atomic E-state index is 0.0233. The lowest BCUT2D eigenvalue weighted by atomic mass is 9.80. The molecule has 3 aliphatic heterocycles. The van der Waals surface area contributed by atoms with Crippen molar-refractivity contribution < 1.29 is 37.3 Å². The predicted molar refractivity (Wildman–Crippen MR) is 162 cm³/mol. The van der Waals surface area contributed by atoms with Gasteiger partial charge in [0.25, 0.3) is 15.9 Å². The zero-order valence-corrected chi connectivity index (χ0v) is 26.0. The number of likely N-dealkylation sites (tertiary alicyclic amines) is 2. The van der Waals surface area contributed by atoms with E-state index in [1.165, 1.54) is 57.7 Å². The van der Waals surface area contributed by atoms with Crippen molar-refractivity contribution in [2.45, 2.75) is 35.4 Å². The molecule has 3 atom stereocenters. The van der Waals surface area contributed by atoms with Gasteiger partial charge in [-0.1, -0.05) is 29.8 Å². The number of ether oxygens (including phenoxy) is 3. The zero-order chi connectivity index (χ0) is 31.4. The molecular weight excluding hydrogens is 610 g/mol. The number of fused-ring (bicyclic) bond motifs is 1. The fraction of sp³-hybridized carbons (Fsp3) is 0.355. The van der Waals surface area contributed by atoms with Crippen molar-refractivity contribution in [3.63, 3.8) is 0 Å². The number of β-amino-alcohol motifs (C(OH)–C–C–N with tert-alkyl or cyclic N) is 1. The van der Waals surface area contributed by atoms with E-state index in [9.17, 15) is 18.3 Å². The number of hydrogen-bond donors (Lipinski definition) is 1. The maximum atomic E-state index is 15.3. The van der Waals surface area contributed by atoms with E-state index in [1.54, 1.807) is 34.1 Å². The first-order chi connectivity index (χ1) is 21.1. The smallest absolute Gasteiger partial charge is 0.274 e. The summed E-state index contributed by atoms with van der Waals surface area (Å²) >= 11 is 6.55. The Labute approximate surface area is 260 Å². The molecule has 44 heavy (non-hydrogen) atoms. The van der Waals surface area contributed by atoms with E-state index in [0.717, 1.165) is 10.7 Å². The Balaban J connectivity index is 1.64. The van der Waals surface area contributed by atoms with Crippen LogP contribution in [0.4, 0.5) is 5.69 Å². The van der Waals surface area contributed by atoms with E-state index in [0.29, 0.717) is 30.2 Å². The molecule has 6 rings (SSSR count). The number of benzene rings is 3. The van der Waals surface area contributed by atoms with Gasteiger partial charge in [0.2, 0.25) is 5.91 Å². The molecule has 232 valence electrons. The van der Waals surface area contributed by atoms with Gasteiger partial charge in [-0.05, 0) is 49.2 Å². The number of halogens is 1. The number of methoxy groups -OCH3 is 3. The lowest BCUT2D eigenvalue weighted by molar-refractivity contribution is -0.143. The summed E-state index contributed by atoms with van der Waals surface area (Å²) in [7, 11) is -0.424. The fourth-order valence-corrected chi connectivity index (χ4v) is 8.25. The van der Waals surface area contributed by atoms with Crippen LogP contribution in [-0.2, 0) is 25.2 Å². The standard InChI is InChI=1S/C31H32ClN3O8S/c1-41-21-10-12-28(27(17-21)43-3)44(39,40)35-24-11-9-19(32)15-23(24)31(30(35)38,22-7-4-5-8-26(22)42-2)34-18-20(36)16-25(34)29(37)33-13-6-14-33/h4-5,7-12,15,17,20,25,36H,6,13-14,16,18H2,1-3H3/t20-,25+,31?/m1/s1. The Hall–Kier alpha value is -3.84. The summed E-state index contributed by atoms with van der Waals surface area (Å²) in [5, 5.41) is 11.3. The van der Waals surface area contributed by atoms with Gasteiger partial charge in [-0.3, -0.25) is 14.5 Å². The van der Waals surface area contributed by atoms with Crippen LogP contribution in [-0.4, -0.2) is 88.2 Å². The molecule has 2 saturated heterocycles. The molecule has 13 heteroatoms. The topological polar surface area (TPSA) is 126 Å². The van der Waals surface area contributed by atoms with Gasteiger partial charge in [0, 0.05) is 41.9 Å². The van der Waals surface area contributed by atoms with Crippen LogP contribution in [0, 0.1) is 0 Å². The van der Waals surface area contributed by atoms with Crippen LogP contribution in [0.2, 0.25) is 5.02 Å². The van der Waals surface area contributed by atoms with Crippen LogP contribution in [0.5, 0.6) is 17.2 Å². The highest BCUT2D eigenvalue weighted by atomic mass is 35.5. The summed E-state index contributed by atoms with van der Waals surface area (Å²) < 4.78 is 46.3. The molecule has 3 aliphatic rings. The molecule has 3 heterocycles. The number of sulfonamides is 1. The maximum absolute atomic E-state index is 15.3. The Bertz CT molecular complexity index is 1750. The van der Waals surface area contributed by atoms with E-state index in [1.807, 2.05) is 0 Å². The summed E-state index contributed by atoms with van der Waals surface area (Å²) in [6.07, 6.45) is -0.0418. The van der Waals surface area contributed by atoms with Gasteiger partial charge < -0.3 is 24.2 Å². The van der Waals surface area contributed by atoms with Gasteiger partial charge in [0.05, 0.1) is 39.2 Å². The summed E-state index contributed by atoms with van der Waals surface area (Å²) in [5.41, 5.74) is -1.31. The molecule has 0 bridgehead atoms. The Kier molecular flexibility index (Phi) is 7.73. The molecular formula is C31H32ClN3O8S. The van der Waals surface area contributed by atoms with Crippen molar-refractivity contribution in [3.05, 3.63) is 76.8 Å². The lowest BCUT2D eigenvalue weighted by Gasteiger charge is -2.43. The molecule has 0 aliphatic carbocycles. The number of aliphatic hydroxyl groups is 1. The molecule has 1 unspecified atom stereocenters. The van der Waals surface area contributed by atoms with E-state index in [-0.39, 0.29) is 45.8 Å². The highest BCUT2D eigenvalue weighted by Crippen LogP contribution is 2.55. The van der Waals surface area contributed by atoms with Crippen LogP contribution in [0.15, 0.2) is 65.6 Å². The molecule has 0 spiro atoms. The van der Waals surface area contributed by atoms with Crippen molar-refractivity contribution in [3.8, 4) is 17.2 Å². The van der Waals surface area contributed by atoms with Crippen LogP contribution >= 0.6 is 11.6 Å². The SMILES string of the molecule is COc1ccc(S(=O)(=O)N2C(=O)C(c3ccccc3OC)(N3C[C@H](O)C[C@H]3C(=O)N3CCC3)c3cc(Cl)ccc32)c(OC)c1. The number of aliphatic hydroxyl groups excluding tert-OH is 1. The van der Waals surface area contributed by atoms with Gasteiger partial charge in [-0.15, -0.1) is 0 Å². The summed E-state index contributed by atoms with van der Waals surface area (Å²) in [5.74, 6) is -0.471. The minimum Gasteiger partial charge on any atom is -0.497 e. The second kappa shape index (κ2) is 11.3. The van der Waals surface area contributed by atoms with Crippen molar-refractivity contribution >= 4 is 39.1 Å². The first kappa shape index (κ1) is 30.2. The number of carbonyl (C=O) groups excluding carboxylic acids is 2. The number of para-hydroxylation sites is 1. The third-order valence-corrected chi connectivity index (χ3v) is 10.6. The first-order valence-corrected chi connectivity index (χ1v) is 15.9. The lowest BCUT2D eigenvalue weighted by Crippen LogP contribution is -2.60. The summed E-state index contributed by atoms with van der Waals surface area (Å²) in [6, 6.07) is 14.6. The maximum Gasteiger partial charge on any atom is 0.274 e. The van der Waals surface area contributed by atoms with Crippen LogP contribution in [0.3, 0.4) is 0 Å². The number of carbonyl (C=O) groups is 2. The van der Waals surface area contributed by atoms with Gasteiger partial charge in [0.1, 0.15) is 22.1 Å². The fourth-order valence-electron chi connectivity index (χ4n) is 6.47. The molecule has 0 saturated carbocycles.